The lowest BCUT2D eigenvalue weighted by molar-refractivity contribution is -0.0361. The van der Waals surface area contributed by atoms with Crippen molar-refractivity contribution in [1.29, 1.82) is 0 Å². The van der Waals surface area contributed by atoms with Gasteiger partial charge >= 0.3 is 0 Å². The van der Waals surface area contributed by atoms with Gasteiger partial charge in [-0.3, -0.25) is 9.97 Å². The summed E-state index contributed by atoms with van der Waals surface area (Å²) in [4.78, 5) is 17.7. The number of aromatic nitrogens is 4. The van der Waals surface area contributed by atoms with Crippen LogP contribution in [0.15, 0.2) is 42.9 Å². The van der Waals surface area contributed by atoms with Gasteiger partial charge in [-0.15, -0.1) is 0 Å². The number of fused-ring (bicyclic) bond motifs is 1. The Morgan fingerprint density at radius 1 is 1.10 bits per heavy atom. The number of allylic oxidation sites excluding steroid dienone is 1. The molecule has 0 amide bonds. The monoisotopic (exact) mass is 395 g/mol. The summed E-state index contributed by atoms with van der Waals surface area (Å²) in [5, 5.41) is 3.21. The molecular weight excluding hydrogens is 372 g/mol. The standard InChI is InChI=1S/C22H23F2N5/c1-3-17(15-4-5-19-20(12-15)26-11-10-25-19)18-13-27-21(28-14(18)2)29-16-6-8-22(23,24)9-7-16/h3-5,10-13,16H,6-9H2,1-2H3,(H,27,28,29)/b17-3-. The van der Waals surface area contributed by atoms with E-state index in [-0.39, 0.29) is 18.9 Å². The predicted molar refractivity (Wildman–Crippen MR) is 110 cm³/mol. The number of benzene rings is 1. The number of alkyl halides is 2. The molecule has 0 unspecified atom stereocenters. The zero-order chi connectivity index (χ0) is 20.4. The molecule has 0 saturated heterocycles. The van der Waals surface area contributed by atoms with Crippen molar-refractivity contribution in [3.05, 3.63) is 59.7 Å². The van der Waals surface area contributed by atoms with Crippen LogP contribution in [0.2, 0.25) is 0 Å². The summed E-state index contributed by atoms with van der Waals surface area (Å²) in [6.45, 7) is 3.91. The van der Waals surface area contributed by atoms with Crippen LogP contribution in [0.3, 0.4) is 0 Å². The van der Waals surface area contributed by atoms with E-state index in [1.807, 2.05) is 38.1 Å². The molecule has 29 heavy (non-hydrogen) atoms. The van der Waals surface area contributed by atoms with Crippen LogP contribution in [0.4, 0.5) is 14.7 Å². The maximum absolute atomic E-state index is 13.3. The molecule has 0 spiro atoms. The molecule has 1 aromatic carbocycles. The van der Waals surface area contributed by atoms with E-state index in [0.29, 0.717) is 18.8 Å². The number of hydrogen-bond donors (Lipinski definition) is 1. The first-order valence-electron chi connectivity index (χ1n) is 9.81. The lowest BCUT2D eigenvalue weighted by Gasteiger charge is -2.28. The minimum absolute atomic E-state index is 0.0138. The fourth-order valence-electron chi connectivity index (χ4n) is 3.78. The molecule has 2 aromatic heterocycles. The second-order valence-corrected chi connectivity index (χ2v) is 7.43. The van der Waals surface area contributed by atoms with Gasteiger partial charge in [0.1, 0.15) is 0 Å². The SMILES string of the molecule is C/C=C(/c1ccc2nccnc2c1)c1cnc(NC2CCC(F)(F)CC2)nc1C. The number of hydrogen-bond acceptors (Lipinski definition) is 5. The van der Waals surface area contributed by atoms with E-state index < -0.39 is 5.92 Å². The number of halogens is 2. The lowest BCUT2D eigenvalue weighted by Crippen LogP contribution is -2.32. The maximum atomic E-state index is 13.3. The Labute approximate surface area is 168 Å². The summed E-state index contributed by atoms with van der Waals surface area (Å²) >= 11 is 0. The van der Waals surface area contributed by atoms with E-state index in [1.165, 1.54) is 0 Å². The van der Waals surface area contributed by atoms with Gasteiger partial charge in [-0.05, 0) is 50.0 Å². The average molecular weight is 395 g/mol. The topological polar surface area (TPSA) is 63.6 Å². The molecule has 0 aliphatic heterocycles. The van der Waals surface area contributed by atoms with Gasteiger partial charge in [0.25, 0.3) is 0 Å². The van der Waals surface area contributed by atoms with Crippen LogP contribution < -0.4 is 5.32 Å². The summed E-state index contributed by atoms with van der Waals surface area (Å²) in [5.74, 6) is -2.05. The molecule has 2 heterocycles. The van der Waals surface area contributed by atoms with Gasteiger partial charge in [0.05, 0.1) is 16.7 Å². The van der Waals surface area contributed by atoms with Crippen molar-refractivity contribution < 1.29 is 8.78 Å². The smallest absolute Gasteiger partial charge is 0.248 e. The number of rotatable bonds is 4. The maximum Gasteiger partial charge on any atom is 0.248 e. The van der Waals surface area contributed by atoms with Crippen molar-refractivity contribution in [2.45, 2.75) is 51.5 Å². The molecule has 0 radical (unpaired) electrons. The van der Waals surface area contributed by atoms with Crippen LogP contribution in [0.25, 0.3) is 16.6 Å². The third-order valence-corrected chi connectivity index (χ3v) is 5.39. The zero-order valence-electron chi connectivity index (χ0n) is 16.5. The largest absolute Gasteiger partial charge is 0.351 e. The van der Waals surface area contributed by atoms with Gasteiger partial charge in [0.2, 0.25) is 11.9 Å². The molecule has 1 aliphatic carbocycles. The minimum Gasteiger partial charge on any atom is -0.351 e. The van der Waals surface area contributed by atoms with Crippen molar-refractivity contribution >= 4 is 22.6 Å². The van der Waals surface area contributed by atoms with Crippen molar-refractivity contribution in [2.75, 3.05) is 5.32 Å². The molecule has 4 rings (SSSR count). The summed E-state index contributed by atoms with van der Waals surface area (Å²) in [7, 11) is 0. The fourth-order valence-corrected chi connectivity index (χ4v) is 3.78. The van der Waals surface area contributed by atoms with E-state index in [0.717, 1.165) is 33.4 Å². The van der Waals surface area contributed by atoms with Crippen molar-refractivity contribution in [3.8, 4) is 0 Å². The lowest BCUT2D eigenvalue weighted by atomic mass is 9.92. The molecule has 1 saturated carbocycles. The second kappa shape index (κ2) is 7.81. The normalized spacial score (nSPS) is 17.4. The van der Waals surface area contributed by atoms with Crippen molar-refractivity contribution in [3.63, 3.8) is 0 Å². The highest BCUT2D eigenvalue weighted by molar-refractivity contribution is 5.86. The highest BCUT2D eigenvalue weighted by Gasteiger charge is 2.35. The molecular formula is C22H23F2N5. The minimum atomic E-state index is -2.54. The molecule has 3 aromatic rings. The van der Waals surface area contributed by atoms with Gasteiger partial charge < -0.3 is 5.32 Å². The van der Waals surface area contributed by atoms with Gasteiger partial charge in [-0.2, -0.15) is 0 Å². The Morgan fingerprint density at radius 3 is 2.52 bits per heavy atom. The Morgan fingerprint density at radius 2 is 1.83 bits per heavy atom. The van der Waals surface area contributed by atoms with Crippen molar-refractivity contribution in [1.82, 2.24) is 19.9 Å². The molecule has 1 N–H and O–H groups in total. The van der Waals surface area contributed by atoms with Crippen LogP contribution in [-0.4, -0.2) is 31.9 Å². The average Bonchev–Trinajstić information content (AvgIpc) is 2.71. The zero-order valence-corrected chi connectivity index (χ0v) is 16.5. The number of aryl methyl sites for hydroxylation is 1. The van der Waals surface area contributed by atoms with E-state index in [1.54, 1.807) is 18.6 Å². The van der Waals surface area contributed by atoms with Gasteiger partial charge in [0, 0.05) is 43.0 Å². The van der Waals surface area contributed by atoms with E-state index in [9.17, 15) is 8.78 Å². The van der Waals surface area contributed by atoms with E-state index >= 15 is 0 Å². The van der Waals surface area contributed by atoms with Crippen LogP contribution in [0.5, 0.6) is 0 Å². The number of nitrogens with zero attached hydrogens (tertiary/aromatic N) is 4. The van der Waals surface area contributed by atoms with Crippen LogP contribution in [0.1, 0.15) is 49.4 Å². The molecule has 7 heteroatoms. The van der Waals surface area contributed by atoms with E-state index in [2.05, 4.69) is 25.3 Å². The Balaban J connectivity index is 1.56. The Bertz CT molecular complexity index is 1050. The Hall–Kier alpha value is -2.96. The summed E-state index contributed by atoms with van der Waals surface area (Å²) in [6, 6.07) is 5.96. The third-order valence-electron chi connectivity index (χ3n) is 5.39. The van der Waals surface area contributed by atoms with Gasteiger partial charge in [-0.25, -0.2) is 18.7 Å². The van der Waals surface area contributed by atoms with Gasteiger partial charge in [-0.1, -0.05) is 12.1 Å². The second-order valence-electron chi connectivity index (χ2n) is 7.43. The summed E-state index contributed by atoms with van der Waals surface area (Å²) < 4.78 is 26.7. The highest BCUT2D eigenvalue weighted by Crippen LogP contribution is 2.34. The van der Waals surface area contributed by atoms with E-state index in [4.69, 9.17) is 0 Å². The first-order valence-corrected chi connectivity index (χ1v) is 9.81. The molecule has 1 fully saturated rings. The van der Waals surface area contributed by atoms with Crippen LogP contribution in [0, 0.1) is 6.92 Å². The third kappa shape index (κ3) is 4.23. The molecule has 0 bridgehead atoms. The molecule has 5 nitrogen and oxygen atoms in total. The highest BCUT2D eigenvalue weighted by atomic mass is 19.3. The fraction of sp³-hybridized carbons (Fsp3) is 0.364. The summed E-state index contributed by atoms with van der Waals surface area (Å²) in [5.41, 5.74) is 5.46. The quantitative estimate of drug-likeness (QED) is 0.660. The molecule has 0 atom stereocenters. The Kier molecular flexibility index (Phi) is 5.22. The first kappa shape index (κ1) is 19.4. The van der Waals surface area contributed by atoms with Gasteiger partial charge in [0.15, 0.2) is 0 Å². The van der Waals surface area contributed by atoms with Crippen LogP contribution >= 0.6 is 0 Å². The van der Waals surface area contributed by atoms with Crippen molar-refractivity contribution in [2.24, 2.45) is 0 Å². The van der Waals surface area contributed by atoms with Crippen LogP contribution in [-0.2, 0) is 0 Å². The number of nitrogens with one attached hydrogen (secondary N) is 1. The molecule has 1 aliphatic rings. The molecule has 150 valence electrons. The number of anilines is 1. The predicted octanol–water partition coefficient (Wildman–Crippen LogP) is 5.17. The summed E-state index contributed by atoms with van der Waals surface area (Å²) in [6.07, 6.45) is 7.85. The first-order chi connectivity index (χ1) is 13.9.